The van der Waals surface area contributed by atoms with Crippen LogP contribution in [0.15, 0.2) is 18.2 Å². The molecule has 0 saturated carbocycles. The molecule has 1 aromatic carbocycles. The van der Waals surface area contributed by atoms with Crippen LogP contribution in [-0.2, 0) is 9.53 Å². The fraction of sp³-hybridized carbons (Fsp3) is 0.417. The van der Waals surface area contributed by atoms with Crippen LogP contribution in [0.25, 0.3) is 0 Å². The van der Waals surface area contributed by atoms with Crippen molar-refractivity contribution in [2.75, 3.05) is 32.2 Å². The van der Waals surface area contributed by atoms with Crippen LogP contribution in [0.4, 0.5) is 11.4 Å². The molecule has 7 nitrogen and oxygen atoms in total. The molecular formula is C12H16N2O5. The van der Waals surface area contributed by atoms with Gasteiger partial charge in [0.2, 0.25) is 0 Å². The van der Waals surface area contributed by atoms with Gasteiger partial charge in [-0.2, -0.15) is 0 Å². The predicted molar refractivity (Wildman–Crippen MR) is 69.6 cm³/mol. The van der Waals surface area contributed by atoms with Crippen molar-refractivity contribution in [1.82, 2.24) is 0 Å². The number of benzene rings is 1. The van der Waals surface area contributed by atoms with Crippen LogP contribution in [0, 0.1) is 10.1 Å². The summed E-state index contributed by atoms with van der Waals surface area (Å²) in [6.07, 6.45) is 0. The van der Waals surface area contributed by atoms with E-state index in [0.29, 0.717) is 12.3 Å². The Hall–Kier alpha value is -2.31. The van der Waals surface area contributed by atoms with E-state index in [1.54, 1.807) is 24.9 Å². The molecule has 0 N–H and O–H groups in total. The maximum atomic E-state index is 11.2. The van der Waals surface area contributed by atoms with E-state index in [2.05, 4.69) is 4.74 Å². The van der Waals surface area contributed by atoms with Gasteiger partial charge < -0.3 is 14.4 Å². The van der Waals surface area contributed by atoms with Gasteiger partial charge in [0.05, 0.1) is 18.6 Å². The SMILES string of the molecule is CCOc1cc(N(C)CC(=O)OC)ccc1[N+](=O)[O-]. The number of carbonyl (C=O) groups excluding carboxylic acids is 1. The van der Waals surface area contributed by atoms with E-state index in [4.69, 9.17) is 4.74 Å². The smallest absolute Gasteiger partial charge is 0.325 e. The number of methoxy groups -OCH3 is 1. The van der Waals surface area contributed by atoms with Crippen molar-refractivity contribution in [1.29, 1.82) is 0 Å². The van der Waals surface area contributed by atoms with Crippen LogP contribution in [0.5, 0.6) is 5.75 Å². The fourth-order valence-corrected chi connectivity index (χ4v) is 1.51. The second kappa shape index (κ2) is 6.58. The van der Waals surface area contributed by atoms with Crippen LogP contribution in [-0.4, -0.2) is 38.2 Å². The first kappa shape index (κ1) is 14.7. The zero-order valence-electron chi connectivity index (χ0n) is 11.1. The topological polar surface area (TPSA) is 81.9 Å². The van der Waals surface area contributed by atoms with Gasteiger partial charge in [-0.1, -0.05) is 0 Å². The standard InChI is InChI=1S/C12H16N2O5/c1-4-19-11-7-9(5-6-10(11)14(16)17)13(2)8-12(15)18-3/h5-7H,4,8H2,1-3H3. The number of anilines is 1. The molecule has 0 unspecified atom stereocenters. The lowest BCUT2D eigenvalue weighted by Gasteiger charge is -2.18. The minimum Gasteiger partial charge on any atom is -0.487 e. The van der Waals surface area contributed by atoms with Crippen molar-refractivity contribution in [2.24, 2.45) is 0 Å². The molecule has 0 aliphatic rings. The number of nitrogens with zero attached hydrogens (tertiary/aromatic N) is 2. The zero-order chi connectivity index (χ0) is 14.4. The van der Waals surface area contributed by atoms with Crippen LogP contribution >= 0.6 is 0 Å². The summed E-state index contributed by atoms with van der Waals surface area (Å²) in [4.78, 5) is 23.1. The van der Waals surface area contributed by atoms with Gasteiger partial charge in [-0.15, -0.1) is 0 Å². The van der Waals surface area contributed by atoms with Gasteiger partial charge in [0.15, 0.2) is 5.75 Å². The van der Waals surface area contributed by atoms with Crippen molar-refractivity contribution in [3.8, 4) is 5.75 Å². The van der Waals surface area contributed by atoms with Gasteiger partial charge in [-0.3, -0.25) is 14.9 Å². The van der Waals surface area contributed by atoms with Crippen LogP contribution in [0.2, 0.25) is 0 Å². The van der Waals surface area contributed by atoms with Crippen molar-refractivity contribution in [3.05, 3.63) is 28.3 Å². The molecule has 0 aliphatic carbocycles. The summed E-state index contributed by atoms with van der Waals surface area (Å²) in [6, 6.07) is 4.45. The number of carbonyl (C=O) groups is 1. The largest absolute Gasteiger partial charge is 0.487 e. The second-order valence-electron chi connectivity index (χ2n) is 3.77. The zero-order valence-corrected chi connectivity index (χ0v) is 11.1. The molecule has 1 rings (SSSR count). The van der Waals surface area contributed by atoms with Gasteiger partial charge in [0.25, 0.3) is 0 Å². The van der Waals surface area contributed by atoms with Gasteiger partial charge in [-0.05, 0) is 13.0 Å². The van der Waals surface area contributed by atoms with Crippen molar-refractivity contribution < 1.29 is 19.2 Å². The molecule has 0 spiro atoms. The lowest BCUT2D eigenvalue weighted by atomic mass is 10.2. The maximum absolute atomic E-state index is 11.2. The average Bonchev–Trinajstić information content (AvgIpc) is 2.38. The van der Waals surface area contributed by atoms with Gasteiger partial charge in [-0.25, -0.2) is 0 Å². The Morgan fingerprint density at radius 2 is 2.16 bits per heavy atom. The molecule has 0 radical (unpaired) electrons. The Balaban J connectivity index is 3.00. The lowest BCUT2D eigenvalue weighted by molar-refractivity contribution is -0.385. The van der Waals surface area contributed by atoms with Crippen molar-refractivity contribution in [2.45, 2.75) is 6.92 Å². The Labute approximate surface area is 110 Å². The van der Waals surface area contributed by atoms with E-state index in [-0.39, 0.29) is 24.0 Å². The van der Waals surface area contributed by atoms with E-state index in [9.17, 15) is 14.9 Å². The van der Waals surface area contributed by atoms with Gasteiger partial charge in [0.1, 0.15) is 6.54 Å². The molecule has 7 heteroatoms. The third-order valence-corrected chi connectivity index (χ3v) is 2.47. The summed E-state index contributed by atoms with van der Waals surface area (Å²) in [5, 5.41) is 10.8. The number of likely N-dealkylation sites (N-methyl/N-ethyl adjacent to an activating group) is 1. The summed E-state index contributed by atoms with van der Waals surface area (Å²) in [7, 11) is 2.99. The molecule has 0 saturated heterocycles. The predicted octanol–water partition coefficient (Wildman–Crippen LogP) is 1.60. The summed E-state index contributed by atoms with van der Waals surface area (Å²) in [5.74, 6) is -0.208. The minimum absolute atomic E-state index is 0.0554. The Kier molecular flexibility index (Phi) is 5.11. The third-order valence-electron chi connectivity index (χ3n) is 2.47. The highest BCUT2D eigenvalue weighted by Gasteiger charge is 2.17. The average molecular weight is 268 g/mol. The summed E-state index contributed by atoms with van der Waals surface area (Å²) in [5.41, 5.74) is 0.538. The molecule has 0 heterocycles. The molecule has 0 atom stereocenters. The second-order valence-corrected chi connectivity index (χ2v) is 3.77. The number of nitro benzene ring substituents is 1. The third kappa shape index (κ3) is 3.84. The molecule has 1 aromatic rings. The van der Waals surface area contributed by atoms with Gasteiger partial charge >= 0.3 is 11.7 Å². The van der Waals surface area contributed by atoms with E-state index in [0.717, 1.165) is 0 Å². The van der Waals surface area contributed by atoms with E-state index in [1.165, 1.54) is 19.2 Å². The van der Waals surface area contributed by atoms with E-state index in [1.807, 2.05) is 0 Å². The van der Waals surface area contributed by atoms with Gasteiger partial charge in [0, 0.05) is 24.9 Å². The number of esters is 1. The molecule has 104 valence electrons. The Bertz CT molecular complexity index is 475. The number of hydrogen-bond donors (Lipinski definition) is 0. The number of nitro groups is 1. The quantitative estimate of drug-likeness (QED) is 0.443. The Morgan fingerprint density at radius 1 is 1.47 bits per heavy atom. The summed E-state index contributed by atoms with van der Waals surface area (Å²) >= 11 is 0. The molecule has 0 aromatic heterocycles. The van der Waals surface area contributed by atoms with E-state index >= 15 is 0 Å². The molecular weight excluding hydrogens is 252 g/mol. The molecule has 0 aliphatic heterocycles. The monoisotopic (exact) mass is 268 g/mol. The first-order valence-corrected chi connectivity index (χ1v) is 5.68. The highest BCUT2D eigenvalue weighted by Crippen LogP contribution is 2.31. The highest BCUT2D eigenvalue weighted by atomic mass is 16.6. The number of hydrogen-bond acceptors (Lipinski definition) is 6. The molecule has 0 amide bonds. The summed E-state index contributed by atoms with van der Waals surface area (Å²) in [6.45, 7) is 2.12. The van der Waals surface area contributed by atoms with Crippen LogP contribution in [0.3, 0.4) is 0 Å². The lowest BCUT2D eigenvalue weighted by Crippen LogP contribution is -2.26. The van der Waals surface area contributed by atoms with Crippen LogP contribution < -0.4 is 9.64 Å². The molecule has 0 bridgehead atoms. The van der Waals surface area contributed by atoms with Crippen molar-refractivity contribution in [3.63, 3.8) is 0 Å². The Morgan fingerprint density at radius 3 is 2.68 bits per heavy atom. The highest BCUT2D eigenvalue weighted by molar-refractivity contribution is 5.76. The maximum Gasteiger partial charge on any atom is 0.325 e. The number of ether oxygens (including phenoxy) is 2. The fourth-order valence-electron chi connectivity index (χ4n) is 1.51. The first-order chi connectivity index (χ1) is 8.99. The van der Waals surface area contributed by atoms with E-state index < -0.39 is 4.92 Å². The first-order valence-electron chi connectivity index (χ1n) is 5.68. The summed E-state index contributed by atoms with van der Waals surface area (Å²) < 4.78 is 9.80. The molecule has 0 fully saturated rings. The molecule has 19 heavy (non-hydrogen) atoms. The van der Waals surface area contributed by atoms with Crippen LogP contribution in [0.1, 0.15) is 6.92 Å². The normalized spacial score (nSPS) is 9.84. The minimum atomic E-state index is -0.505. The number of rotatable bonds is 6. The van der Waals surface area contributed by atoms with Crippen molar-refractivity contribution >= 4 is 17.3 Å².